The van der Waals surface area contributed by atoms with Gasteiger partial charge >= 0.3 is 6.61 Å². The number of halogens is 2. The highest BCUT2D eigenvalue weighted by molar-refractivity contribution is 5.95. The minimum absolute atomic E-state index is 0.0159. The molecule has 1 heterocycles. The lowest BCUT2D eigenvalue weighted by atomic mass is 10.1. The van der Waals surface area contributed by atoms with Crippen molar-refractivity contribution in [2.75, 3.05) is 31.6 Å². The van der Waals surface area contributed by atoms with Crippen molar-refractivity contribution in [3.05, 3.63) is 54.1 Å². The summed E-state index contributed by atoms with van der Waals surface area (Å²) in [4.78, 5) is 16.3. The molecule has 0 saturated carbocycles. The number of nitrogens with zero attached hydrogens (tertiary/aromatic N) is 2. The van der Waals surface area contributed by atoms with Crippen molar-refractivity contribution in [1.82, 2.24) is 4.90 Å². The SMILES string of the molecule is COc1cccc(N2CCN(Cc3ccc(OC(F)F)cc3)CC2=O)c1. The van der Waals surface area contributed by atoms with Crippen LogP contribution in [0.25, 0.3) is 0 Å². The second-order valence-electron chi connectivity index (χ2n) is 5.98. The minimum Gasteiger partial charge on any atom is -0.497 e. The number of anilines is 1. The lowest BCUT2D eigenvalue weighted by Crippen LogP contribution is -2.50. The van der Waals surface area contributed by atoms with Gasteiger partial charge in [0.15, 0.2) is 0 Å². The van der Waals surface area contributed by atoms with Gasteiger partial charge in [0.25, 0.3) is 0 Å². The fourth-order valence-electron chi connectivity index (χ4n) is 2.94. The average molecular weight is 362 g/mol. The third-order valence-electron chi connectivity index (χ3n) is 4.22. The lowest BCUT2D eigenvalue weighted by molar-refractivity contribution is -0.121. The number of rotatable bonds is 6. The van der Waals surface area contributed by atoms with Gasteiger partial charge in [-0.2, -0.15) is 8.78 Å². The van der Waals surface area contributed by atoms with Gasteiger partial charge in [-0.05, 0) is 29.8 Å². The van der Waals surface area contributed by atoms with E-state index in [0.717, 1.165) is 17.8 Å². The van der Waals surface area contributed by atoms with Gasteiger partial charge in [-0.15, -0.1) is 0 Å². The molecule has 0 atom stereocenters. The predicted molar refractivity (Wildman–Crippen MR) is 93.7 cm³/mol. The maximum absolute atomic E-state index is 12.5. The number of methoxy groups -OCH3 is 1. The van der Waals surface area contributed by atoms with E-state index in [0.29, 0.717) is 25.4 Å². The van der Waals surface area contributed by atoms with E-state index in [1.54, 1.807) is 24.1 Å². The molecular weight excluding hydrogens is 342 g/mol. The van der Waals surface area contributed by atoms with E-state index in [-0.39, 0.29) is 11.7 Å². The van der Waals surface area contributed by atoms with Crippen LogP contribution >= 0.6 is 0 Å². The van der Waals surface area contributed by atoms with Crippen molar-refractivity contribution in [1.29, 1.82) is 0 Å². The Labute approximate surface area is 150 Å². The van der Waals surface area contributed by atoms with Crippen molar-refractivity contribution in [2.24, 2.45) is 0 Å². The van der Waals surface area contributed by atoms with Gasteiger partial charge in [0.1, 0.15) is 11.5 Å². The van der Waals surface area contributed by atoms with Crippen molar-refractivity contribution in [2.45, 2.75) is 13.2 Å². The Balaban J connectivity index is 1.59. The van der Waals surface area contributed by atoms with Gasteiger partial charge in [-0.3, -0.25) is 9.69 Å². The normalized spacial score (nSPS) is 15.4. The quantitative estimate of drug-likeness (QED) is 0.792. The Morgan fingerprint density at radius 2 is 1.85 bits per heavy atom. The Morgan fingerprint density at radius 3 is 2.50 bits per heavy atom. The summed E-state index contributed by atoms with van der Waals surface area (Å²) in [6.45, 7) is -0.654. The van der Waals surface area contributed by atoms with Gasteiger partial charge in [-0.1, -0.05) is 18.2 Å². The summed E-state index contributed by atoms with van der Waals surface area (Å²) in [5, 5.41) is 0. The number of hydrogen-bond donors (Lipinski definition) is 0. The molecule has 138 valence electrons. The molecule has 1 amide bonds. The van der Waals surface area contributed by atoms with Crippen LogP contribution in [-0.2, 0) is 11.3 Å². The van der Waals surface area contributed by atoms with Crippen molar-refractivity contribution < 1.29 is 23.0 Å². The number of hydrogen-bond acceptors (Lipinski definition) is 4. The maximum Gasteiger partial charge on any atom is 0.387 e. The van der Waals surface area contributed by atoms with Gasteiger partial charge in [-0.25, -0.2) is 0 Å². The van der Waals surface area contributed by atoms with Crippen LogP contribution in [-0.4, -0.2) is 44.2 Å². The number of carbonyl (C=O) groups is 1. The minimum atomic E-state index is -2.83. The van der Waals surface area contributed by atoms with E-state index in [1.807, 2.05) is 29.2 Å². The van der Waals surface area contributed by atoms with Gasteiger partial charge in [0.05, 0.1) is 13.7 Å². The Hall–Kier alpha value is -2.67. The Kier molecular flexibility index (Phi) is 5.68. The summed E-state index contributed by atoms with van der Waals surface area (Å²) in [5.74, 6) is 0.855. The summed E-state index contributed by atoms with van der Waals surface area (Å²) in [7, 11) is 1.59. The first-order valence-electron chi connectivity index (χ1n) is 8.25. The molecule has 26 heavy (non-hydrogen) atoms. The summed E-state index contributed by atoms with van der Waals surface area (Å²) in [6, 6.07) is 13.9. The molecule has 1 aliphatic heterocycles. The largest absolute Gasteiger partial charge is 0.497 e. The average Bonchev–Trinajstić information content (AvgIpc) is 2.63. The smallest absolute Gasteiger partial charge is 0.387 e. The van der Waals surface area contributed by atoms with Crippen LogP contribution < -0.4 is 14.4 Å². The molecule has 1 aliphatic rings. The monoisotopic (exact) mass is 362 g/mol. The molecule has 0 unspecified atom stereocenters. The second kappa shape index (κ2) is 8.14. The summed E-state index contributed by atoms with van der Waals surface area (Å²) >= 11 is 0. The summed E-state index contributed by atoms with van der Waals surface area (Å²) < 4.78 is 33.9. The topological polar surface area (TPSA) is 42.0 Å². The first kappa shape index (κ1) is 18.1. The molecule has 1 saturated heterocycles. The number of carbonyl (C=O) groups excluding carboxylic acids is 1. The molecule has 0 aromatic heterocycles. The first-order valence-corrected chi connectivity index (χ1v) is 8.25. The fourth-order valence-corrected chi connectivity index (χ4v) is 2.94. The van der Waals surface area contributed by atoms with Gasteiger partial charge in [0, 0.05) is 31.4 Å². The molecular formula is C19H20F2N2O3. The molecule has 0 N–H and O–H groups in total. The van der Waals surface area contributed by atoms with E-state index in [9.17, 15) is 13.6 Å². The molecule has 0 aliphatic carbocycles. The summed E-state index contributed by atoms with van der Waals surface area (Å²) in [5.41, 5.74) is 1.76. The third-order valence-corrected chi connectivity index (χ3v) is 4.22. The molecule has 2 aromatic carbocycles. The number of piperazine rings is 1. The highest BCUT2D eigenvalue weighted by Crippen LogP contribution is 2.23. The van der Waals surface area contributed by atoms with Crippen LogP contribution in [0.1, 0.15) is 5.56 Å². The van der Waals surface area contributed by atoms with Gasteiger partial charge in [0.2, 0.25) is 5.91 Å². The lowest BCUT2D eigenvalue weighted by Gasteiger charge is -2.34. The standard InChI is InChI=1S/C19H20F2N2O3/c1-25-17-4-2-3-15(11-17)23-10-9-22(13-18(23)24)12-14-5-7-16(8-6-14)26-19(20)21/h2-8,11,19H,9-10,12-13H2,1H3. The van der Waals surface area contributed by atoms with E-state index in [1.165, 1.54) is 12.1 Å². The van der Waals surface area contributed by atoms with Crippen molar-refractivity contribution >= 4 is 11.6 Å². The molecule has 0 radical (unpaired) electrons. The Morgan fingerprint density at radius 1 is 1.08 bits per heavy atom. The van der Waals surface area contributed by atoms with E-state index in [2.05, 4.69) is 4.74 Å². The molecule has 5 nitrogen and oxygen atoms in total. The number of ether oxygens (including phenoxy) is 2. The molecule has 3 rings (SSSR count). The zero-order chi connectivity index (χ0) is 18.5. The highest BCUT2D eigenvalue weighted by Gasteiger charge is 2.25. The molecule has 0 bridgehead atoms. The maximum atomic E-state index is 12.5. The zero-order valence-corrected chi connectivity index (χ0v) is 14.4. The van der Waals surface area contributed by atoms with Gasteiger partial charge < -0.3 is 14.4 Å². The molecule has 0 spiro atoms. The van der Waals surface area contributed by atoms with E-state index >= 15 is 0 Å². The molecule has 7 heteroatoms. The van der Waals surface area contributed by atoms with Crippen LogP contribution in [0.5, 0.6) is 11.5 Å². The summed E-state index contributed by atoms with van der Waals surface area (Å²) in [6.07, 6.45) is 0. The fraction of sp³-hybridized carbons (Fsp3) is 0.316. The molecule has 2 aromatic rings. The van der Waals surface area contributed by atoms with Crippen molar-refractivity contribution in [3.8, 4) is 11.5 Å². The van der Waals surface area contributed by atoms with E-state index in [4.69, 9.17) is 4.74 Å². The zero-order valence-electron chi connectivity index (χ0n) is 14.4. The van der Waals surface area contributed by atoms with Crippen molar-refractivity contribution in [3.63, 3.8) is 0 Å². The van der Waals surface area contributed by atoms with Crippen LogP contribution in [0.3, 0.4) is 0 Å². The van der Waals surface area contributed by atoms with E-state index < -0.39 is 6.61 Å². The van der Waals surface area contributed by atoms with Crippen LogP contribution in [0, 0.1) is 0 Å². The first-order chi connectivity index (χ1) is 12.5. The van der Waals surface area contributed by atoms with Crippen LogP contribution in [0.15, 0.2) is 48.5 Å². The number of alkyl halides is 2. The highest BCUT2D eigenvalue weighted by atomic mass is 19.3. The third kappa shape index (κ3) is 4.49. The number of benzene rings is 2. The predicted octanol–water partition coefficient (Wildman–Crippen LogP) is 3.15. The number of amides is 1. The second-order valence-corrected chi connectivity index (χ2v) is 5.98. The Bertz CT molecular complexity index is 753. The van der Waals surface area contributed by atoms with Crippen LogP contribution in [0.2, 0.25) is 0 Å². The van der Waals surface area contributed by atoms with Crippen LogP contribution in [0.4, 0.5) is 14.5 Å². The molecule has 1 fully saturated rings.